The lowest BCUT2D eigenvalue weighted by molar-refractivity contribution is 0.0527. The molecule has 4 nitrogen and oxygen atoms in total. The Morgan fingerprint density at radius 3 is 2.76 bits per heavy atom. The molecule has 0 unspecified atom stereocenters. The molecule has 5 heteroatoms. The Bertz CT molecular complexity index is 651. The van der Waals surface area contributed by atoms with Crippen LogP contribution in [0.15, 0.2) is 40.3 Å². The Morgan fingerprint density at radius 2 is 2.10 bits per heavy atom. The minimum Gasteiger partial charge on any atom is -0.462 e. The fourth-order valence-electron chi connectivity index (χ4n) is 1.99. The predicted molar refractivity (Wildman–Crippen MR) is 84.6 cm³/mol. The third-order valence-electron chi connectivity index (χ3n) is 2.85. The summed E-state index contributed by atoms with van der Waals surface area (Å²) in [4.78, 5) is 17.1. The first-order valence-corrected chi connectivity index (χ1v) is 7.51. The van der Waals surface area contributed by atoms with Gasteiger partial charge in [-0.25, -0.2) is 9.78 Å². The summed E-state index contributed by atoms with van der Waals surface area (Å²) in [5.41, 5.74) is 9.02. The number of hydrogen-bond donors (Lipinski definition) is 1. The van der Waals surface area contributed by atoms with Crippen molar-refractivity contribution in [2.24, 2.45) is 0 Å². The van der Waals surface area contributed by atoms with Crippen molar-refractivity contribution in [1.29, 1.82) is 0 Å². The van der Waals surface area contributed by atoms with E-state index in [4.69, 9.17) is 10.5 Å². The van der Waals surface area contributed by atoms with Crippen molar-refractivity contribution in [3.05, 3.63) is 47.2 Å². The average molecular weight is 302 g/mol. The number of nitrogen functional groups attached to an aromatic ring is 1. The summed E-state index contributed by atoms with van der Waals surface area (Å²) in [6.07, 6.45) is 0. The Balaban J connectivity index is 2.32. The van der Waals surface area contributed by atoms with Crippen LogP contribution in [0.3, 0.4) is 0 Å². The van der Waals surface area contributed by atoms with E-state index in [9.17, 15) is 4.79 Å². The molecule has 0 spiro atoms. The average Bonchev–Trinajstić information content (AvgIpc) is 2.40. The zero-order valence-electron chi connectivity index (χ0n) is 12.3. The van der Waals surface area contributed by atoms with E-state index in [0.29, 0.717) is 17.9 Å². The van der Waals surface area contributed by atoms with Gasteiger partial charge in [0.2, 0.25) is 0 Å². The van der Waals surface area contributed by atoms with E-state index in [-0.39, 0.29) is 0 Å². The second-order valence-electron chi connectivity index (χ2n) is 4.66. The van der Waals surface area contributed by atoms with Gasteiger partial charge in [-0.2, -0.15) is 0 Å². The number of pyridine rings is 1. The molecule has 1 aromatic carbocycles. The van der Waals surface area contributed by atoms with E-state index in [2.05, 4.69) is 4.98 Å². The molecule has 2 aromatic rings. The third kappa shape index (κ3) is 3.76. The summed E-state index contributed by atoms with van der Waals surface area (Å²) in [7, 11) is 0. The number of aromatic nitrogens is 1. The van der Waals surface area contributed by atoms with Crippen LogP contribution in [0.2, 0.25) is 0 Å². The first-order chi connectivity index (χ1) is 10.0. The van der Waals surface area contributed by atoms with Crippen molar-refractivity contribution in [3.8, 4) is 0 Å². The third-order valence-corrected chi connectivity index (χ3v) is 3.84. The highest BCUT2D eigenvalue weighted by molar-refractivity contribution is 7.99. The van der Waals surface area contributed by atoms with Crippen molar-refractivity contribution in [1.82, 2.24) is 4.98 Å². The maximum absolute atomic E-state index is 11.9. The van der Waals surface area contributed by atoms with Gasteiger partial charge in [-0.05, 0) is 50.6 Å². The van der Waals surface area contributed by atoms with Gasteiger partial charge in [0.05, 0.1) is 17.9 Å². The molecule has 0 atom stereocenters. The lowest BCUT2D eigenvalue weighted by Crippen LogP contribution is -2.08. The second kappa shape index (κ2) is 6.63. The van der Waals surface area contributed by atoms with E-state index in [0.717, 1.165) is 21.2 Å². The summed E-state index contributed by atoms with van der Waals surface area (Å²) in [6.45, 7) is 6.08. The fourth-order valence-corrected chi connectivity index (χ4v) is 3.02. The maximum Gasteiger partial charge on any atom is 0.340 e. The lowest BCUT2D eigenvalue weighted by Gasteiger charge is -2.10. The van der Waals surface area contributed by atoms with Crippen LogP contribution in [-0.2, 0) is 4.74 Å². The Hall–Kier alpha value is -2.01. The summed E-state index contributed by atoms with van der Waals surface area (Å²) >= 11 is 1.45. The molecule has 0 radical (unpaired) electrons. The Morgan fingerprint density at radius 1 is 1.33 bits per heavy atom. The van der Waals surface area contributed by atoms with Gasteiger partial charge in [0.1, 0.15) is 5.03 Å². The minimum atomic E-state index is -0.397. The standard InChI is InChI=1S/C16H18N2O2S/c1-4-20-16(19)12-6-5-7-13(15(12)17)21-14-9-10(2)8-11(3)18-14/h5-9H,4,17H2,1-3H3. The molecular weight excluding hydrogens is 284 g/mol. The number of ether oxygens (including phenoxy) is 1. The van der Waals surface area contributed by atoms with Crippen molar-refractivity contribution in [3.63, 3.8) is 0 Å². The fraction of sp³-hybridized carbons (Fsp3) is 0.250. The Labute approximate surface area is 128 Å². The molecule has 0 aliphatic heterocycles. The van der Waals surface area contributed by atoms with Crippen LogP contribution in [0, 0.1) is 13.8 Å². The Kier molecular flexibility index (Phi) is 4.85. The van der Waals surface area contributed by atoms with Crippen LogP contribution in [-0.4, -0.2) is 17.6 Å². The van der Waals surface area contributed by atoms with Crippen molar-refractivity contribution >= 4 is 23.4 Å². The summed E-state index contributed by atoms with van der Waals surface area (Å²) in [5.74, 6) is -0.397. The smallest absolute Gasteiger partial charge is 0.340 e. The first-order valence-electron chi connectivity index (χ1n) is 6.70. The number of rotatable bonds is 4. The monoisotopic (exact) mass is 302 g/mol. The molecule has 0 aliphatic carbocycles. The van der Waals surface area contributed by atoms with Gasteiger partial charge in [0.15, 0.2) is 0 Å². The lowest BCUT2D eigenvalue weighted by atomic mass is 10.2. The van der Waals surface area contributed by atoms with E-state index in [1.807, 2.05) is 32.0 Å². The quantitative estimate of drug-likeness (QED) is 0.690. The van der Waals surface area contributed by atoms with Gasteiger partial charge < -0.3 is 10.5 Å². The SMILES string of the molecule is CCOC(=O)c1cccc(Sc2cc(C)cc(C)n2)c1N. The number of aryl methyl sites for hydroxylation is 2. The zero-order chi connectivity index (χ0) is 15.4. The van der Waals surface area contributed by atoms with E-state index in [1.54, 1.807) is 19.1 Å². The van der Waals surface area contributed by atoms with Crippen molar-refractivity contribution in [2.45, 2.75) is 30.7 Å². The van der Waals surface area contributed by atoms with Crippen LogP contribution >= 0.6 is 11.8 Å². The molecule has 0 fully saturated rings. The summed E-state index contributed by atoms with van der Waals surface area (Å²) in [6, 6.07) is 9.36. The highest BCUT2D eigenvalue weighted by Crippen LogP contribution is 2.33. The number of para-hydroxylation sites is 1. The van der Waals surface area contributed by atoms with Crippen LogP contribution in [0.1, 0.15) is 28.5 Å². The van der Waals surface area contributed by atoms with Crippen molar-refractivity contribution < 1.29 is 9.53 Å². The number of anilines is 1. The normalized spacial score (nSPS) is 10.4. The van der Waals surface area contributed by atoms with E-state index in [1.165, 1.54) is 11.8 Å². The summed E-state index contributed by atoms with van der Waals surface area (Å²) in [5, 5.41) is 0.861. The highest BCUT2D eigenvalue weighted by Gasteiger charge is 2.14. The number of hydrogen-bond acceptors (Lipinski definition) is 5. The van der Waals surface area contributed by atoms with Gasteiger partial charge in [-0.1, -0.05) is 17.8 Å². The molecule has 2 N–H and O–H groups in total. The number of carbonyl (C=O) groups is 1. The molecule has 0 saturated carbocycles. The molecule has 0 aliphatic rings. The van der Waals surface area contributed by atoms with Crippen LogP contribution in [0.25, 0.3) is 0 Å². The number of benzene rings is 1. The highest BCUT2D eigenvalue weighted by atomic mass is 32.2. The largest absolute Gasteiger partial charge is 0.462 e. The zero-order valence-corrected chi connectivity index (χ0v) is 13.2. The van der Waals surface area contributed by atoms with Crippen LogP contribution < -0.4 is 5.73 Å². The molecular formula is C16H18N2O2S. The topological polar surface area (TPSA) is 65.2 Å². The molecule has 0 bridgehead atoms. The first kappa shape index (κ1) is 15.4. The minimum absolute atomic E-state index is 0.328. The molecule has 21 heavy (non-hydrogen) atoms. The van der Waals surface area contributed by atoms with Gasteiger partial charge in [0, 0.05) is 10.6 Å². The molecule has 2 rings (SSSR count). The van der Waals surface area contributed by atoms with Crippen LogP contribution in [0.4, 0.5) is 5.69 Å². The number of nitrogens with two attached hydrogens (primary N) is 1. The number of nitrogens with zero attached hydrogens (tertiary/aromatic N) is 1. The van der Waals surface area contributed by atoms with Gasteiger partial charge in [0.25, 0.3) is 0 Å². The van der Waals surface area contributed by atoms with Gasteiger partial charge in [-0.15, -0.1) is 0 Å². The maximum atomic E-state index is 11.9. The number of carbonyl (C=O) groups excluding carboxylic acids is 1. The molecule has 0 amide bonds. The van der Waals surface area contributed by atoms with Gasteiger partial charge >= 0.3 is 5.97 Å². The molecule has 110 valence electrons. The second-order valence-corrected chi connectivity index (χ2v) is 5.73. The van der Waals surface area contributed by atoms with Gasteiger partial charge in [-0.3, -0.25) is 0 Å². The van der Waals surface area contributed by atoms with Crippen LogP contribution in [0.5, 0.6) is 0 Å². The van der Waals surface area contributed by atoms with Crippen molar-refractivity contribution in [2.75, 3.05) is 12.3 Å². The summed E-state index contributed by atoms with van der Waals surface area (Å²) < 4.78 is 5.01. The number of esters is 1. The van der Waals surface area contributed by atoms with E-state index >= 15 is 0 Å². The predicted octanol–water partition coefficient (Wildman–Crippen LogP) is 3.61. The molecule has 1 heterocycles. The molecule has 0 saturated heterocycles. The van der Waals surface area contributed by atoms with E-state index < -0.39 is 5.97 Å². The molecule has 1 aromatic heterocycles.